The summed E-state index contributed by atoms with van der Waals surface area (Å²) in [6.07, 6.45) is 9.66. The SMILES string of the molecule is CCC(C)CC(C)C(C)C(CC)CC(C)CC(C)C(C)CC(C)C(C)CC. The van der Waals surface area contributed by atoms with Crippen molar-refractivity contribution in [3.63, 3.8) is 0 Å². The summed E-state index contributed by atoms with van der Waals surface area (Å²) in [5.41, 5.74) is 0. The minimum Gasteiger partial charge on any atom is -0.0651 e. The normalized spacial score (nSPS) is 22.3. The van der Waals surface area contributed by atoms with Crippen LogP contribution in [0.2, 0.25) is 0 Å². The van der Waals surface area contributed by atoms with Gasteiger partial charge in [-0.25, -0.2) is 0 Å². The lowest BCUT2D eigenvalue weighted by Gasteiger charge is -2.33. The molecule has 0 aliphatic heterocycles. The first-order chi connectivity index (χ1) is 12.6. The van der Waals surface area contributed by atoms with E-state index in [9.17, 15) is 0 Å². The topological polar surface area (TPSA) is 0 Å². The van der Waals surface area contributed by atoms with Crippen LogP contribution in [0.15, 0.2) is 0 Å². The van der Waals surface area contributed by atoms with Crippen LogP contribution in [0.1, 0.15) is 121 Å². The third kappa shape index (κ3) is 10.4. The van der Waals surface area contributed by atoms with Crippen molar-refractivity contribution in [2.45, 2.75) is 121 Å². The average molecular weight is 381 g/mol. The van der Waals surface area contributed by atoms with Crippen LogP contribution < -0.4 is 0 Å². The summed E-state index contributed by atoms with van der Waals surface area (Å²) in [7, 11) is 0. The summed E-state index contributed by atoms with van der Waals surface area (Å²) >= 11 is 0. The molecule has 0 aliphatic carbocycles. The Morgan fingerprint density at radius 2 is 0.889 bits per heavy atom. The highest BCUT2D eigenvalue weighted by Crippen LogP contribution is 2.36. The molecule has 0 aliphatic rings. The summed E-state index contributed by atoms with van der Waals surface area (Å²) in [4.78, 5) is 0. The van der Waals surface area contributed by atoms with Crippen LogP contribution in [0.4, 0.5) is 0 Å². The van der Waals surface area contributed by atoms with Gasteiger partial charge in [0.1, 0.15) is 0 Å². The minimum atomic E-state index is 0.858. The van der Waals surface area contributed by atoms with Crippen molar-refractivity contribution in [1.82, 2.24) is 0 Å². The maximum atomic E-state index is 2.54. The maximum Gasteiger partial charge on any atom is -0.0386 e. The first kappa shape index (κ1) is 27.0. The molecule has 0 rings (SSSR count). The van der Waals surface area contributed by atoms with Crippen molar-refractivity contribution in [3.8, 4) is 0 Å². The molecule has 0 N–H and O–H groups in total. The van der Waals surface area contributed by atoms with Gasteiger partial charge in [-0.15, -0.1) is 0 Å². The predicted octanol–water partition coefficient (Wildman–Crippen LogP) is 9.48. The zero-order valence-electron chi connectivity index (χ0n) is 21.1. The molecule has 9 unspecified atom stereocenters. The molecule has 0 aromatic rings. The van der Waals surface area contributed by atoms with Crippen molar-refractivity contribution in [2.75, 3.05) is 0 Å². The molecule has 0 spiro atoms. The van der Waals surface area contributed by atoms with Crippen LogP contribution in [-0.4, -0.2) is 0 Å². The summed E-state index contributed by atoms with van der Waals surface area (Å²) in [5.74, 6) is 7.84. The summed E-state index contributed by atoms with van der Waals surface area (Å²) < 4.78 is 0. The van der Waals surface area contributed by atoms with Gasteiger partial charge < -0.3 is 0 Å². The maximum absolute atomic E-state index is 2.54. The molecule has 0 bridgehead atoms. The molecule has 0 amide bonds. The second-order valence-electron chi connectivity index (χ2n) is 10.9. The van der Waals surface area contributed by atoms with E-state index < -0.39 is 0 Å². The quantitative estimate of drug-likeness (QED) is 0.265. The van der Waals surface area contributed by atoms with E-state index in [0.717, 1.165) is 53.3 Å². The lowest BCUT2D eigenvalue weighted by atomic mass is 9.73. The largest absolute Gasteiger partial charge is 0.0651 e. The molecular formula is C27H56. The van der Waals surface area contributed by atoms with Crippen molar-refractivity contribution in [2.24, 2.45) is 53.3 Å². The predicted molar refractivity (Wildman–Crippen MR) is 126 cm³/mol. The van der Waals surface area contributed by atoms with Crippen LogP contribution in [0.3, 0.4) is 0 Å². The van der Waals surface area contributed by atoms with Gasteiger partial charge in [-0.2, -0.15) is 0 Å². The fourth-order valence-electron chi connectivity index (χ4n) is 5.17. The Kier molecular flexibility index (Phi) is 14.1. The third-order valence-electron chi connectivity index (χ3n) is 8.45. The van der Waals surface area contributed by atoms with Crippen LogP contribution in [0, 0.1) is 53.3 Å². The molecule has 0 fully saturated rings. The van der Waals surface area contributed by atoms with Crippen molar-refractivity contribution in [1.29, 1.82) is 0 Å². The van der Waals surface area contributed by atoms with Gasteiger partial charge in [-0.1, -0.05) is 95.4 Å². The first-order valence-electron chi connectivity index (χ1n) is 12.6. The minimum absolute atomic E-state index is 0.858. The summed E-state index contributed by atoms with van der Waals surface area (Å²) in [6.45, 7) is 27.0. The molecule has 27 heavy (non-hydrogen) atoms. The van der Waals surface area contributed by atoms with Gasteiger partial charge in [0.2, 0.25) is 0 Å². The van der Waals surface area contributed by atoms with Gasteiger partial charge in [0.15, 0.2) is 0 Å². The van der Waals surface area contributed by atoms with Crippen LogP contribution in [0.5, 0.6) is 0 Å². The van der Waals surface area contributed by atoms with E-state index in [-0.39, 0.29) is 0 Å². The van der Waals surface area contributed by atoms with E-state index in [1.165, 1.54) is 44.9 Å². The van der Waals surface area contributed by atoms with Crippen LogP contribution in [0.25, 0.3) is 0 Å². The Morgan fingerprint density at radius 3 is 1.37 bits per heavy atom. The van der Waals surface area contributed by atoms with Crippen molar-refractivity contribution in [3.05, 3.63) is 0 Å². The van der Waals surface area contributed by atoms with Gasteiger partial charge in [0.25, 0.3) is 0 Å². The smallest absolute Gasteiger partial charge is 0.0386 e. The van der Waals surface area contributed by atoms with Crippen molar-refractivity contribution < 1.29 is 0 Å². The third-order valence-corrected chi connectivity index (χ3v) is 8.45. The molecule has 0 aromatic heterocycles. The zero-order chi connectivity index (χ0) is 21.1. The molecule has 0 saturated carbocycles. The molecule has 9 atom stereocenters. The van der Waals surface area contributed by atoms with Gasteiger partial charge >= 0.3 is 0 Å². The Balaban J connectivity index is 4.55. The Morgan fingerprint density at radius 1 is 0.407 bits per heavy atom. The Labute approximate surface area is 174 Å². The molecule has 0 nitrogen and oxygen atoms in total. The molecule has 0 radical (unpaired) electrons. The highest BCUT2D eigenvalue weighted by atomic mass is 14.3. The zero-order valence-corrected chi connectivity index (χ0v) is 21.1. The van der Waals surface area contributed by atoms with E-state index in [2.05, 4.69) is 76.2 Å². The molecule has 0 heterocycles. The molecular weight excluding hydrogens is 324 g/mol. The van der Waals surface area contributed by atoms with Gasteiger partial charge in [-0.3, -0.25) is 0 Å². The highest BCUT2D eigenvalue weighted by molar-refractivity contribution is 4.76. The number of rotatable bonds is 15. The fourth-order valence-corrected chi connectivity index (χ4v) is 5.17. The number of hydrogen-bond acceptors (Lipinski definition) is 0. The van der Waals surface area contributed by atoms with E-state index >= 15 is 0 Å². The standard InChI is InChI=1S/C27H56/c1-12-19(4)15-25(10)26(11)27(14-3)17-20(5)16-22(7)24(9)18-23(8)21(6)13-2/h19-27H,12-18H2,1-11H3. The Bertz CT molecular complexity index is 346. The molecule has 164 valence electrons. The summed E-state index contributed by atoms with van der Waals surface area (Å²) in [6, 6.07) is 0. The Hall–Kier alpha value is 0. The van der Waals surface area contributed by atoms with Gasteiger partial charge in [0.05, 0.1) is 0 Å². The van der Waals surface area contributed by atoms with E-state index in [0.29, 0.717) is 0 Å². The van der Waals surface area contributed by atoms with E-state index in [1.807, 2.05) is 0 Å². The molecule has 0 heteroatoms. The van der Waals surface area contributed by atoms with Gasteiger partial charge in [0, 0.05) is 0 Å². The van der Waals surface area contributed by atoms with Gasteiger partial charge in [-0.05, 0) is 78.9 Å². The highest BCUT2D eigenvalue weighted by Gasteiger charge is 2.26. The molecule has 0 aromatic carbocycles. The second-order valence-corrected chi connectivity index (χ2v) is 10.9. The lowest BCUT2D eigenvalue weighted by molar-refractivity contribution is 0.173. The first-order valence-corrected chi connectivity index (χ1v) is 12.6. The van der Waals surface area contributed by atoms with Crippen LogP contribution >= 0.6 is 0 Å². The molecule has 0 saturated heterocycles. The van der Waals surface area contributed by atoms with Crippen LogP contribution in [-0.2, 0) is 0 Å². The fraction of sp³-hybridized carbons (Fsp3) is 1.00. The van der Waals surface area contributed by atoms with Crippen molar-refractivity contribution >= 4 is 0 Å². The van der Waals surface area contributed by atoms with E-state index in [4.69, 9.17) is 0 Å². The average Bonchev–Trinajstić information content (AvgIpc) is 2.64. The lowest BCUT2D eigenvalue weighted by Crippen LogP contribution is -2.23. The second kappa shape index (κ2) is 14.1. The monoisotopic (exact) mass is 380 g/mol. The summed E-state index contributed by atoms with van der Waals surface area (Å²) in [5, 5.41) is 0. The van der Waals surface area contributed by atoms with E-state index in [1.54, 1.807) is 0 Å². The number of hydrogen-bond donors (Lipinski definition) is 0.